The van der Waals surface area contributed by atoms with Crippen LogP contribution in [0, 0.1) is 6.92 Å². The fraction of sp³-hybridized carbons (Fsp3) is 0.600. The summed E-state index contributed by atoms with van der Waals surface area (Å²) >= 11 is 2.01. The number of hydrogen-bond acceptors (Lipinski definition) is 7. The number of nitrogens with one attached hydrogen (secondary N) is 1. The van der Waals surface area contributed by atoms with Gasteiger partial charge in [-0.3, -0.25) is 0 Å². The van der Waals surface area contributed by atoms with Crippen molar-refractivity contribution in [2.75, 3.05) is 34.8 Å². The van der Waals surface area contributed by atoms with Crippen LogP contribution >= 0.6 is 11.8 Å². The number of hydrogen-bond donors (Lipinski definition) is 1. The Morgan fingerprint density at radius 3 is 3.00 bits per heavy atom. The summed E-state index contributed by atoms with van der Waals surface area (Å²) < 4.78 is 2.01. The maximum absolute atomic E-state index is 4.46. The summed E-state index contributed by atoms with van der Waals surface area (Å²) in [5.41, 5.74) is 0. The number of thioether (sulfide) groups is 1. The van der Waals surface area contributed by atoms with E-state index in [1.54, 1.807) is 6.33 Å². The van der Waals surface area contributed by atoms with Crippen molar-refractivity contribution >= 4 is 23.4 Å². The lowest BCUT2D eigenvalue weighted by Gasteiger charge is -2.28. The number of fused-ring (bicyclic) bond motifs is 1. The quantitative estimate of drug-likeness (QED) is 0.910. The van der Waals surface area contributed by atoms with Gasteiger partial charge < -0.3 is 10.2 Å². The second-order valence-corrected chi connectivity index (χ2v) is 7.22. The number of nitrogens with zero attached hydrogens (tertiary/aromatic N) is 6. The van der Waals surface area contributed by atoms with E-state index in [-0.39, 0.29) is 0 Å². The molecule has 2 aliphatic rings. The first-order valence-corrected chi connectivity index (χ1v) is 9.25. The van der Waals surface area contributed by atoms with E-state index in [1.165, 1.54) is 11.5 Å². The van der Waals surface area contributed by atoms with Gasteiger partial charge in [0.2, 0.25) is 0 Å². The summed E-state index contributed by atoms with van der Waals surface area (Å²) in [7, 11) is 0. The second-order valence-electron chi connectivity index (χ2n) is 6.00. The zero-order valence-corrected chi connectivity index (χ0v) is 14.1. The van der Waals surface area contributed by atoms with Gasteiger partial charge in [0.25, 0.3) is 0 Å². The molecule has 0 saturated carbocycles. The van der Waals surface area contributed by atoms with Crippen molar-refractivity contribution < 1.29 is 0 Å². The molecule has 0 bridgehead atoms. The van der Waals surface area contributed by atoms with E-state index >= 15 is 0 Å². The molecule has 7 nitrogen and oxygen atoms in total. The van der Waals surface area contributed by atoms with Gasteiger partial charge in [0, 0.05) is 43.1 Å². The van der Waals surface area contributed by atoms with Gasteiger partial charge in [-0.15, -0.1) is 0 Å². The monoisotopic (exact) mass is 331 g/mol. The number of aromatic nitrogens is 5. The Bertz CT molecular complexity index is 680. The van der Waals surface area contributed by atoms with Crippen molar-refractivity contribution in [3.8, 4) is 0 Å². The van der Waals surface area contributed by atoms with Crippen LogP contribution in [0.5, 0.6) is 0 Å². The molecule has 1 atom stereocenters. The van der Waals surface area contributed by atoms with Crippen LogP contribution < -0.4 is 10.2 Å². The average molecular weight is 331 g/mol. The van der Waals surface area contributed by atoms with Crippen molar-refractivity contribution in [1.82, 2.24) is 24.7 Å². The lowest BCUT2D eigenvalue weighted by Crippen LogP contribution is -2.34. The van der Waals surface area contributed by atoms with Crippen molar-refractivity contribution in [1.29, 1.82) is 0 Å². The minimum absolute atomic E-state index is 0.336. The molecule has 4 heterocycles. The highest BCUT2D eigenvalue weighted by molar-refractivity contribution is 7.99. The van der Waals surface area contributed by atoms with Gasteiger partial charge in [-0.1, -0.05) is 0 Å². The second kappa shape index (κ2) is 6.35. The SMILES string of the molecule is Cc1nc2n(n1)CC(Nc1cc(N3CCSCC3)ncn1)CC2. The number of aryl methyl sites for hydroxylation is 2. The van der Waals surface area contributed by atoms with Gasteiger partial charge in [0.05, 0.1) is 6.54 Å². The molecular weight excluding hydrogens is 310 g/mol. The van der Waals surface area contributed by atoms with Crippen molar-refractivity contribution in [3.05, 3.63) is 24.0 Å². The molecular formula is C15H21N7S. The number of rotatable bonds is 3. The molecule has 23 heavy (non-hydrogen) atoms. The van der Waals surface area contributed by atoms with Gasteiger partial charge in [0.1, 0.15) is 29.6 Å². The van der Waals surface area contributed by atoms with Crippen molar-refractivity contribution in [3.63, 3.8) is 0 Å². The Labute approximate surface area is 139 Å². The lowest BCUT2D eigenvalue weighted by molar-refractivity contribution is 0.440. The van der Waals surface area contributed by atoms with Crippen LogP contribution in [0.25, 0.3) is 0 Å². The Morgan fingerprint density at radius 1 is 1.26 bits per heavy atom. The van der Waals surface area contributed by atoms with Crippen LogP contribution in [0.1, 0.15) is 18.1 Å². The molecule has 0 aliphatic carbocycles. The molecule has 0 spiro atoms. The molecule has 0 aromatic carbocycles. The van der Waals surface area contributed by atoms with E-state index in [0.29, 0.717) is 6.04 Å². The number of anilines is 2. The maximum atomic E-state index is 4.46. The first-order chi connectivity index (χ1) is 11.3. The van der Waals surface area contributed by atoms with E-state index in [4.69, 9.17) is 0 Å². The van der Waals surface area contributed by atoms with E-state index in [1.807, 2.05) is 23.4 Å². The average Bonchev–Trinajstić information content (AvgIpc) is 2.95. The van der Waals surface area contributed by atoms with E-state index < -0.39 is 0 Å². The largest absolute Gasteiger partial charge is 0.365 e. The zero-order valence-electron chi connectivity index (χ0n) is 13.3. The first-order valence-electron chi connectivity index (χ1n) is 8.09. The lowest BCUT2D eigenvalue weighted by atomic mass is 10.1. The standard InChI is InChI=1S/C15H21N7S/c1-11-18-14-3-2-12(9-22(14)20-11)19-13-8-15(17-10-16-13)21-4-6-23-7-5-21/h8,10,12H,2-7,9H2,1H3,(H,16,17,19). The summed E-state index contributed by atoms with van der Waals surface area (Å²) in [5, 5.41) is 8.00. The van der Waals surface area contributed by atoms with E-state index in [2.05, 4.69) is 36.3 Å². The molecule has 0 amide bonds. The molecule has 1 unspecified atom stereocenters. The third-order valence-electron chi connectivity index (χ3n) is 4.30. The molecule has 122 valence electrons. The molecule has 2 aliphatic heterocycles. The van der Waals surface area contributed by atoms with Gasteiger partial charge in [0.15, 0.2) is 0 Å². The third kappa shape index (κ3) is 3.26. The minimum Gasteiger partial charge on any atom is -0.365 e. The topological polar surface area (TPSA) is 71.8 Å². The van der Waals surface area contributed by atoms with Crippen molar-refractivity contribution in [2.24, 2.45) is 0 Å². The van der Waals surface area contributed by atoms with Gasteiger partial charge in [-0.05, 0) is 13.3 Å². The van der Waals surface area contributed by atoms with Gasteiger partial charge in [-0.2, -0.15) is 16.9 Å². The maximum Gasteiger partial charge on any atom is 0.147 e. The highest BCUT2D eigenvalue weighted by Gasteiger charge is 2.21. The van der Waals surface area contributed by atoms with Crippen molar-refractivity contribution in [2.45, 2.75) is 32.4 Å². The minimum atomic E-state index is 0.336. The first kappa shape index (κ1) is 14.7. The van der Waals surface area contributed by atoms with Crippen LogP contribution in [0.2, 0.25) is 0 Å². The van der Waals surface area contributed by atoms with Crippen LogP contribution in [0.3, 0.4) is 0 Å². The highest BCUT2D eigenvalue weighted by Crippen LogP contribution is 2.21. The fourth-order valence-electron chi connectivity index (χ4n) is 3.15. The van der Waals surface area contributed by atoms with Crippen LogP contribution in [0.15, 0.2) is 12.4 Å². The highest BCUT2D eigenvalue weighted by atomic mass is 32.2. The molecule has 0 radical (unpaired) electrons. The molecule has 8 heteroatoms. The Morgan fingerprint density at radius 2 is 2.13 bits per heavy atom. The summed E-state index contributed by atoms with van der Waals surface area (Å²) in [6, 6.07) is 2.40. The predicted molar refractivity (Wildman–Crippen MR) is 92.1 cm³/mol. The van der Waals surface area contributed by atoms with Crippen LogP contribution in [0.4, 0.5) is 11.6 Å². The van der Waals surface area contributed by atoms with E-state index in [9.17, 15) is 0 Å². The third-order valence-corrected chi connectivity index (χ3v) is 5.25. The van der Waals surface area contributed by atoms with Crippen LogP contribution in [-0.4, -0.2) is 55.4 Å². The molecule has 4 rings (SSSR count). The molecule has 1 fully saturated rings. The molecule has 2 aromatic rings. The fourth-order valence-corrected chi connectivity index (χ4v) is 4.06. The van der Waals surface area contributed by atoms with E-state index in [0.717, 1.165) is 55.8 Å². The van der Waals surface area contributed by atoms with Gasteiger partial charge in [-0.25, -0.2) is 19.6 Å². The Hall–Kier alpha value is -1.83. The smallest absolute Gasteiger partial charge is 0.147 e. The summed E-state index contributed by atoms with van der Waals surface area (Å²) in [6.45, 7) is 4.91. The summed E-state index contributed by atoms with van der Waals surface area (Å²) in [5.74, 6) is 6.21. The molecule has 2 aromatic heterocycles. The summed E-state index contributed by atoms with van der Waals surface area (Å²) in [4.78, 5) is 15.6. The normalized spacial score (nSPS) is 21.1. The predicted octanol–water partition coefficient (Wildman–Crippen LogP) is 1.36. The Balaban J connectivity index is 1.45. The Kier molecular flexibility index (Phi) is 4.07. The molecule has 1 saturated heterocycles. The zero-order chi connectivity index (χ0) is 15.6. The molecule has 1 N–H and O–H groups in total. The summed E-state index contributed by atoms with van der Waals surface area (Å²) in [6.07, 6.45) is 3.67. The van der Waals surface area contributed by atoms with Crippen LogP contribution in [-0.2, 0) is 13.0 Å². The van der Waals surface area contributed by atoms with Gasteiger partial charge >= 0.3 is 0 Å².